The molecule has 0 saturated heterocycles. The second-order valence-electron chi connectivity index (χ2n) is 11.0. The SMILES string of the molecule is CC1(C)c2ccccc2Oc2ccc(C3=NC(c4ccccc4)NC(c4ccc(-c5ccccc5)cc4)N3)cc21. The number of hydrogen-bond acceptors (Lipinski definition) is 4. The van der Waals surface area contributed by atoms with Crippen LogP contribution in [0.5, 0.6) is 11.5 Å². The van der Waals surface area contributed by atoms with E-state index in [0.29, 0.717) is 0 Å². The van der Waals surface area contributed by atoms with Crippen LogP contribution in [0.15, 0.2) is 132 Å². The molecule has 0 bridgehead atoms. The van der Waals surface area contributed by atoms with Gasteiger partial charge in [0.2, 0.25) is 0 Å². The molecule has 0 saturated carbocycles. The Morgan fingerprint density at radius 3 is 2.00 bits per heavy atom. The lowest BCUT2D eigenvalue weighted by atomic mass is 9.75. The van der Waals surface area contributed by atoms with Crippen LogP contribution in [0.2, 0.25) is 0 Å². The molecule has 5 aromatic rings. The molecule has 0 aromatic heterocycles. The van der Waals surface area contributed by atoms with Crippen LogP contribution < -0.4 is 15.4 Å². The number of fused-ring (bicyclic) bond motifs is 2. The van der Waals surface area contributed by atoms with Gasteiger partial charge in [-0.3, -0.25) is 5.32 Å². The minimum atomic E-state index is -0.195. The second-order valence-corrected chi connectivity index (χ2v) is 11.0. The normalized spacial score (nSPS) is 18.9. The van der Waals surface area contributed by atoms with Gasteiger partial charge >= 0.3 is 0 Å². The Labute approximate surface area is 235 Å². The van der Waals surface area contributed by atoms with E-state index < -0.39 is 0 Å². The Hall–Kier alpha value is -4.67. The zero-order valence-electron chi connectivity index (χ0n) is 22.6. The van der Waals surface area contributed by atoms with Gasteiger partial charge in [0.15, 0.2) is 0 Å². The molecular formula is C36H31N3O. The average molecular weight is 522 g/mol. The summed E-state index contributed by atoms with van der Waals surface area (Å²) in [5, 5.41) is 7.41. The van der Waals surface area contributed by atoms with Gasteiger partial charge in [-0.2, -0.15) is 0 Å². The lowest BCUT2D eigenvalue weighted by Gasteiger charge is -2.36. The predicted octanol–water partition coefficient (Wildman–Crippen LogP) is 8.12. The van der Waals surface area contributed by atoms with E-state index in [1.165, 1.54) is 16.7 Å². The third-order valence-corrected chi connectivity index (χ3v) is 8.04. The molecule has 40 heavy (non-hydrogen) atoms. The first-order valence-corrected chi connectivity index (χ1v) is 13.8. The Morgan fingerprint density at radius 1 is 0.600 bits per heavy atom. The molecule has 0 fully saturated rings. The van der Waals surface area contributed by atoms with Gasteiger partial charge in [-0.1, -0.05) is 117 Å². The van der Waals surface area contributed by atoms with Gasteiger partial charge in [0.05, 0.1) is 0 Å². The maximum atomic E-state index is 6.31. The van der Waals surface area contributed by atoms with E-state index in [9.17, 15) is 0 Å². The number of rotatable bonds is 4. The van der Waals surface area contributed by atoms with Crippen molar-refractivity contribution >= 4 is 5.84 Å². The van der Waals surface area contributed by atoms with E-state index in [1.54, 1.807) is 0 Å². The molecule has 2 aliphatic rings. The fourth-order valence-electron chi connectivity index (χ4n) is 5.77. The fraction of sp³-hybridized carbons (Fsp3) is 0.139. The van der Waals surface area contributed by atoms with Crippen LogP contribution in [0.4, 0.5) is 0 Å². The van der Waals surface area contributed by atoms with Crippen LogP contribution in [0, 0.1) is 0 Å². The maximum absolute atomic E-state index is 6.31. The van der Waals surface area contributed by atoms with Crippen LogP contribution in [0.25, 0.3) is 11.1 Å². The second kappa shape index (κ2) is 9.82. The van der Waals surface area contributed by atoms with Gasteiger partial charge in [-0.15, -0.1) is 0 Å². The summed E-state index contributed by atoms with van der Waals surface area (Å²) in [7, 11) is 0. The lowest BCUT2D eigenvalue weighted by Crippen LogP contribution is -2.45. The fourth-order valence-corrected chi connectivity index (χ4v) is 5.77. The van der Waals surface area contributed by atoms with Gasteiger partial charge < -0.3 is 10.1 Å². The summed E-state index contributed by atoms with van der Waals surface area (Å²) in [6, 6.07) is 44.4. The highest BCUT2D eigenvalue weighted by molar-refractivity contribution is 6.00. The number of nitrogens with zero attached hydrogens (tertiary/aromatic N) is 1. The Kier molecular flexibility index (Phi) is 5.98. The molecule has 4 nitrogen and oxygen atoms in total. The van der Waals surface area contributed by atoms with Crippen molar-refractivity contribution in [3.05, 3.63) is 155 Å². The number of amidine groups is 1. The van der Waals surface area contributed by atoms with E-state index in [0.717, 1.165) is 39.6 Å². The summed E-state index contributed by atoms with van der Waals surface area (Å²) in [6.07, 6.45) is -0.291. The van der Waals surface area contributed by atoms with Crippen molar-refractivity contribution in [1.29, 1.82) is 0 Å². The zero-order valence-corrected chi connectivity index (χ0v) is 22.6. The molecule has 2 unspecified atom stereocenters. The number of hydrogen-bond donors (Lipinski definition) is 2. The molecule has 0 radical (unpaired) electrons. The Morgan fingerprint density at radius 2 is 1.23 bits per heavy atom. The molecule has 0 spiro atoms. The number of ether oxygens (including phenoxy) is 1. The smallest absolute Gasteiger partial charge is 0.131 e. The molecular weight excluding hydrogens is 490 g/mol. The van der Waals surface area contributed by atoms with Crippen LogP contribution in [-0.2, 0) is 5.41 Å². The largest absolute Gasteiger partial charge is 0.457 e. The van der Waals surface area contributed by atoms with Crippen LogP contribution >= 0.6 is 0 Å². The molecule has 0 amide bonds. The van der Waals surface area contributed by atoms with Gasteiger partial charge in [-0.05, 0) is 46.5 Å². The summed E-state index contributed by atoms with van der Waals surface area (Å²) >= 11 is 0. The van der Waals surface area contributed by atoms with Crippen molar-refractivity contribution in [3.8, 4) is 22.6 Å². The minimum absolute atomic E-state index is 0.108. The molecule has 7 rings (SSSR count). The van der Waals surface area contributed by atoms with E-state index in [1.807, 2.05) is 24.3 Å². The summed E-state index contributed by atoms with van der Waals surface area (Å²) in [5.41, 5.74) is 7.90. The van der Waals surface area contributed by atoms with Crippen molar-refractivity contribution in [3.63, 3.8) is 0 Å². The molecule has 2 N–H and O–H groups in total. The van der Waals surface area contributed by atoms with E-state index in [-0.39, 0.29) is 17.7 Å². The molecule has 5 aromatic carbocycles. The van der Waals surface area contributed by atoms with Crippen LogP contribution in [0.3, 0.4) is 0 Å². The maximum Gasteiger partial charge on any atom is 0.131 e. The van der Waals surface area contributed by atoms with E-state index in [2.05, 4.69) is 128 Å². The molecule has 196 valence electrons. The minimum Gasteiger partial charge on any atom is -0.457 e. The van der Waals surface area contributed by atoms with Gasteiger partial charge in [0.25, 0.3) is 0 Å². The summed E-state index contributed by atoms with van der Waals surface area (Å²) in [4.78, 5) is 5.16. The quantitative estimate of drug-likeness (QED) is 0.251. The third kappa shape index (κ3) is 4.37. The highest BCUT2D eigenvalue weighted by Crippen LogP contribution is 2.48. The highest BCUT2D eigenvalue weighted by atomic mass is 16.5. The number of nitrogens with one attached hydrogen (secondary N) is 2. The van der Waals surface area contributed by atoms with Gasteiger partial charge in [0, 0.05) is 22.1 Å². The van der Waals surface area contributed by atoms with Crippen molar-refractivity contribution in [2.75, 3.05) is 0 Å². The number of para-hydroxylation sites is 1. The van der Waals surface area contributed by atoms with Crippen molar-refractivity contribution in [2.24, 2.45) is 4.99 Å². The average Bonchev–Trinajstić information content (AvgIpc) is 3.02. The summed E-state index contributed by atoms with van der Waals surface area (Å²) < 4.78 is 6.31. The van der Waals surface area contributed by atoms with E-state index in [4.69, 9.17) is 9.73 Å². The third-order valence-electron chi connectivity index (χ3n) is 8.04. The van der Waals surface area contributed by atoms with Crippen molar-refractivity contribution in [1.82, 2.24) is 10.6 Å². The first-order chi connectivity index (χ1) is 19.6. The zero-order chi connectivity index (χ0) is 27.1. The highest BCUT2D eigenvalue weighted by Gasteiger charge is 2.35. The van der Waals surface area contributed by atoms with Crippen molar-refractivity contribution in [2.45, 2.75) is 31.6 Å². The first-order valence-electron chi connectivity index (χ1n) is 13.8. The topological polar surface area (TPSA) is 45.6 Å². The molecule has 0 aliphatic carbocycles. The first kappa shape index (κ1) is 24.4. The van der Waals surface area contributed by atoms with Gasteiger partial charge in [0.1, 0.15) is 29.7 Å². The summed E-state index contributed by atoms with van der Waals surface area (Å²) in [6.45, 7) is 4.52. The monoisotopic (exact) mass is 521 g/mol. The Balaban J connectivity index is 1.26. The van der Waals surface area contributed by atoms with Crippen LogP contribution in [-0.4, -0.2) is 5.84 Å². The van der Waals surface area contributed by atoms with Gasteiger partial charge in [-0.25, -0.2) is 4.99 Å². The molecule has 2 atom stereocenters. The number of aliphatic imine (C=N–C) groups is 1. The predicted molar refractivity (Wildman–Crippen MR) is 162 cm³/mol. The molecule has 2 aliphatic heterocycles. The molecule has 4 heteroatoms. The summed E-state index contributed by atoms with van der Waals surface area (Å²) in [5.74, 6) is 2.69. The lowest BCUT2D eigenvalue weighted by molar-refractivity contribution is 0.408. The standard InChI is InChI=1S/C36H31N3O/c1-36(2)29-15-9-10-16-31(29)40-32-22-21-28(23-30(32)36)35-38-33(26-13-7-4-8-14-26)37-34(39-35)27-19-17-25(18-20-27)24-11-5-3-6-12-24/h3-23,33-34,37H,1-2H3,(H,38,39). The molecule has 2 heterocycles. The van der Waals surface area contributed by atoms with Crippen LogP contribution in [0.1, 0.15) is 54.0 Å². The number of benzene rings is 5. The Bertz CT molecular complexity index is 1690. The van der Waals surface area contributed by atoms with E-state index >= 15 is 0 Å². The van der Waals surface area contributed by atoms with Crippen molar-refractivity contribution < 1.29 is 4.74 Å².